The van der Waals surface area contributed by atoms with Gasteiger partial charge in [0, 0.05) is 23.6 Å². The smallest absolute Gasteiger partial charge is 0.417 e. The van der Waals surface area contributed by atoms with Crippen molar-refractivity contribution in [1.29, 1.82) is 0 Å². The van der Waals surface area contributed by atoms with Gasteiger partial charge in [0.25, 0.3) is 0 Å². The molecule has 0 bridgehead atoms. The first-order chi connectivity index (χ1) is 29.0. The van der Waals surface area contributed by atoms with Crippen molar-refractivity contribution in [3.63, 3.8) is 0 Å². The maximum absolute atomic E-state index is 14.8. The minimum atomic E-state index is -3.82. The first kappa shape index (κ1) is 44.9. The third-order valence-electron chi connectivity index (χ3n) is 9.18. The molecular formula is C40H45ClN10O10S. The number of halogens is 1. The van der Waals surface area contributed by atoms with E-state index in [2.05, 4.69) is 36.8 Å². The number of hydrogen-bond acceptors (Lipinski definition) is 13. The summed E-state index contributed by atoms with van der Waals surface area (Å²) in [6, 6.07) is 14.2. The Morgan fingerprint density at radius 2 is 1.55 bits per heavy atom. The first-order valence-corrected chi connectivity index (χ1v) is 21.2. The van der Waals surface area contributed by atoms with E-state index in [1.165, 1.54) is 53.5 Å². The fourth-order valence-electron chi connectivity index (χ4n) is 6.37. The number of nitrogens with one attached hydrogen (secondary N) is 5. The Morgan fingerprint density at radius 1 is 0.871 bits per heavy atom. The van der Waals surface area contributed by atoms with Crippen LogP contribution in [0.15, 0.2) is 73.1 Å². The molecule has 0 saturated heterocycles. The molecule has 6 rings (SSSR count). The van der Waals surface area contributed by atoms with Gasteiger partial charge in [-0.25, -0.2) is 32.4 Å². The SMILES string of the molecule is CC(C)(C)OC(=O)N1c2ccccc2CC1(NC(=O)C(Cc1ccc(NC(=O)NS(=O)(=O)C2CC2)cc1)NC(=O)C(=O)Nc1cc(Cl)ccc1-n1cnnn1)C(=O)OC(C)(C)C. The Labute approximate surface area is 361 Å². The number of carbonyl (C=O) groups is 6. The van der Waals surface area contributed by atoms with Crippen LogP contribution in [-0.2, 0) is 51.5 Å². The van der Waals surface area contributed by atoms with Crippen LogP contribution in [0.25, 0.3) is 5.69 Å². The highest BCUT2D eigenvalue weighted by atomic mass is 35.5. The van der Waals surface area contributed by atoms with Crippen molar-refractivity contribution >= 4 is 74.5 Å². The van der Waals surface area contributed by atoms with Crippen LogP contribution in [0.1, 0.15) is 65.5 Å². The fraction of sp³-hybridized carbons (Fsp3) is 0.375. The molecule has 4 aromatic rings. The quantitative estimate of drug-likeness (QED) is 0.106. The number of carbonyl (C=O) groups excluding carboxylic acids is 6. The molecule has 1 saturated carbocycles. The number of hydrogen-bond donors (Lipinski definition) is 5. The second-order valence-corrected chi connectivity index (χ2v) is 19.0. The van der Waals surface area contributed by atoms with Gasteiger partial charge in [-0.3, -0.25) is 14.4 Å². The van der Waals surface area contributed by atoms with Crippen LogP contribution in [0.5, 0.6) is 0 Å². The van der Waals surface area contributed by atoms with Crippen molar-refractivity contribution in [1.82, 2.24) is 35.6 Å². The number of rotatable bonds is 11. The van der Waals surface area contributed by atoms with E-state index in [-0.39, 0.29) is 40.6 Å². The molecule has 0 radical (unpaired) electrons. The van der Waals surface area contributed by atoms with Gasteiger partial charge in [-0.15, -0.1) is 5.10 Å². The molecule has 1 aliphatic heterocycles. The average molecular weight is 893 g/mol. The summed E-state index contributed by atoms with van der Waals surface area (Å²) in [4.78, 5) is 84.1. The lowest BCUT2D eigenvalue weighted by Gasteiger charge is -2.39. The van der Waals surface area contributed by atoms with Gasteiger partial charge in [-0.2, -0.15) is 4.68 Å². The summed E-state index contributed by atoms with van der Waals surface area (Å²) >= 11 is 6.21. The van der Waals surface area contributed by atoms with Gasteiger partial charge in [0.05, 0.1) is 22.3 Å². The second-order valence-electron chi connectivity index (χ2n) is 16.6. The second kappa shape index (κ2) is 17.4. The molecule has 1 aliphatic carbocycles. The summed E-state index contributed by atoms with van der Waals surface area (Å²) < 4.78 is 39.3. The summed E-state index contributed by atoms with van der Waals surface area (Å²) in [7, 11) is -3.82. The van der Waals surface area contributed by atoms with Gasteiger partial charge in [-0.05, 0) is 112 Å². The molecule has 5 N–H and O–H groups in total. The predicted octanol–water partition coefficient (Wildman–Crippen LogP) is 3.75. The van der Waals surface area contributed by atoms with Crippen LogP contribution in [0.4, 0.5) is 26.7 Å². The molecule has 1 fully saturated rings. The van der Waals surface area contributed by atoms with Crippen LogP contribution >= 0.6 is 11.6 Å². The summed E-state index contributed by atoms with van der Waals surface area (Å²) in [5.41, 5.74) is -2.79. The van der Waals surface area contributed by atoms with Gasteiger partial charge in [0.1, 0.15) is 23.6 Å². The number of para-hydroxylation sites is 1. The molecule has 22 heteroatoms. The molecule has 2 aliphatic rings. The topological polar surface area (TPSA) is 262 Å². The predicted molar refractivity (Wildman–Crippen MR) is 225 cm³/mol. The Morgan fingerprint density at radius 3 is 2.18 bits per heavy atom. The van der Waals surface area contributed by atoms with E-state index in [4.69, 9.17) is 21.1 Å². The fourth-order valence-corrected chi connectivity index (χ4v) is 7.77. The molecule has 1 aromatic heterocycles. The average Bonchev–Trinajstić information content (AvgIpc) is 3.80. The van der Waals surface area contributed by atoms with Crippen molar-refractivity contribution in [2.45, 2.75) is 95.4 Å². The number of ether oxygens (including phenoxy) is 2. The van der Waals surface area contributed by atoms with Gasteiger partial charge in [-0.1, -0.05) is 41.9 Å². The summed E-state index contributed by atoms with van der Waals surface area (Å²) in [6.07, 6.45) is 0.604. The van der Waals surface area contributed by atoms with Crippen LogP contribution in [0.2, 0.25) is 5.02 Å². The third-order valence-corrected chi connectivity index (χ3v) is 11.2. The zero-order chi connectivity index (χ0) is 45.2. The summed E-state index contributed by atoms with van der Waals surface area (Å²) in [5, 5.41) is 20.6. The number of aromatic nitrogens is 4. The molecule has 328 valence electrons. The van der Waals surface area contributed by atoms with E-state index < -0.39 is 74.0 Å². The molecule has 0 spiro atoms. The molecule has 6 amide bonds. The van der Waals surface area contributed by atoms with Crippen molar-refractivity contribution in [2.24, 2.45) is 0 Å². The highest BCUT2D eigenvalue weighted by Gasteiger charge is 2.57. The van der Waals surface area contributed by atoms with Crippen LogP contribution in [0, 0.1) is 0 Å². The van der Waals surface area contributed by atoms with E-state index >= 15 is 0 Å². The Kier molecular flexibility index (Phi) is 12.6. The zero-order valence-electron chi connectivity index (χ0n) is 34.5. The Bertz CT molecular complexity index is 2500. The maximum Gasteiger partial charge on any atom is 0.417 e. The van der Waals surface area contributed by atoms with Gasteiger partial charge in [0.15, 0.2) is 0 Å². The highest BCUT2D eigenvalue weighted by molar-refractivity contribution is 7.91. The molecule has 2 unspecified atom stereocenters. The Hall–Kier alpha value is -6.61. The Balaban J connectivity index is 1.33. The van der Waals surface area contributed by atoms with E-state index in [1.54, 1.807) is 65.8 Å². The monoisotopic (exact) mass is 892 g/mol. The van der Waals surface area contributed by atoms with Crippen molar-refractivity contribution in [2.75, 3.05) is 15.5 Å². The standard InChI is InChI=1S/C40H45ClN10O10S/c1-38(2,3)60-35(55)40(21-24-9-7-8-10-30(24)51(40)37(57)61-39(4,5)6)46-32(52)29(19-23-11-14-26(15-12-23)43-36(56)47-62(58,59)27-16-17-27)45-34(54)33(53)44-28-20-25(41)13-18-31(28)50-22-42-48-49-50/h7-15,18,20,22,27,29H,16-17,19,21H2,1-6H3,(H,44,53)(H,45,54)(H,46,52)(H2,43,47,56). The highest BCUT2D eigenvalue weighted by Crippen LogP contribution is 2.40. The number of tetrazole rings is 1. The lowest BCUT2D eigenvalue weighted by atomic mass is 10.00. The van der Waals surface area contributed by atoms with E-state index in [0.717, 1.165) is 4.90 Å². The summed E-state index contributed by atoms with van der Waals surface area (Å²) in [6.45, 7) is 9.74. The largest absolute Gasteiger partial charge is 0.457 e. The number of anilines is 3. The van der Waals surface area contributed by atoms with E-state index in [1.807, 2.05) is 4.72 Å². The number of esters is 1. The number of urea groups is 1. The molecule has 2 atom stereocenters. The molecule has 62 heavy (non-hydrogen) atoms. The van der Waals surface area contributed by atoms with E-state index in [0.29, 0.717) is 24.0 Å². The maximum atomic E-state index is 14.8. The van der Waals surface area contributed by atoms with Crippen LogP contribution in [-0.4, -0.2) is 92.6 Å². The van der Waals surface area contributed by atoms with Gasteiger partial charge >= 0.3 is 29.9 Å². The van der Waals surface area contributed by atoms with Crippen molar-refractivity contribution in [3.05, 3.63) is 89.2 Å². The molecule has 20 nitrogen and oxygen atoms in total. The zero-order valence-corrected chi connectivity index (χ0v) is 36.1. The van der Waals surface area contributed by atoms with Crippen LogP contribution in [0.3, 0.4) is 0 Å². The first-order valence-electron chi connectivity index (χ1n) is 19.3. The summed E-state index contributed by atoms with van der Waals surface area (Å²) in [5.74, 6) is -4.54. The van der Waals surface area contributed by atoms with Crippen molar-refractivity contribution in [3.8, 4) is 5.69 Å². The number of nitrogens with zero attached hydrogens (tertiary/aromatic N) is 5. The minimum Gasteiger partial charge on any atom is -0.457 e. The molecule has 3 aromatic carbocycles. The number of sulfonamides is 1. The van der Waals surface area contributed by atoms with E-state index in [9.17, 15) is 37.2 Å². The van der Waals surface area contributed by atoms with Crippen molar-refractivity contribution < 1.29 is 46.7 Å². The van der Waals surface area contributed by atoms with Crippen LogP contribution < -0.4 is 30.9 Å². The molecule has 2 heterocycles. The van der Waals surface area contributed by atoms with Gasteiger partial charge < -0.3 is 30.7 Å². The number of fused-ring (bicyclic) bond motifs is 1. The molecular weight excluding hydrogens is 848 g/mol. The normalized spacial score (nSPS) is 16.6. The number of amides is 6. The number of benzene rings is 3. The van der Waals surface area contributed by atoms with Gasteiger partial charge in [0.2, 0.25) is 21.6 Å². The third kappa shape index (κ3) is 10.8. The lowest BCUT2D eigenvalue weighted by molar-refractivity contribution is -0.164. The lowest BCUT2D eigenvalue weighted by Crippen LogP contribution is -2.70. The minimum absolute atomic E-state index is 0.0450.